The Balaban J connectivity index is 1.62. The number of nitrogens with zero attached hydrogens (tertiary/aromatic N) is 5. The van der Waals surface area contributed by atoms with Gasteiger partial charge in [0.05, 0.1) is 29.9 Å². The molecule has 2 aromatic heterocycles. The standard InChI is InChI=1S/C25H25F2N7O2/c26-22(27)23-30-18-3-1-2-4-20(18)34(23)21-15-19(31-25(32-21)33-11-13-36-14-12-33)16-5-7-17(8-6-16)24(35)29-10-9-28/h1-8,15,22H,9-14,28H2,(H,29,35). The second-order valence-electron chi connectivity index (χ2n) is 8.23. The molecule has 1 aliphatic heterocycles. The van der Waals surface area contributed by atoms with E-state index >= 15 is 0 Å². The first-order valence-electron chi connectivity index (χ1n) is 11.6. The number of nitrogens with two attached hydrogens (primary N) is 1. The molecule has 36 heavy (non-hydrogen) atoms. The number of aromatic nitrogens is 4. The average molecular weight is 494 g/mol. The van der Waals surface area contributed by atoms with Gasteiger partial charge >= 0.3 is 0 Å². The van der Waals surface area contributed by atoms with Gasteiger partial charge in [0.15, 0.2) is 5.82 Å². The van der Waals surface area contributed by atoms with Crippen molar-refractivity contribution in [2.75, 3.05) is 44.3 Å². The molecule has 1 saturated heterocycles. The molecule has 2 aromatic carbocycles. The highest BCUT2D eigenvalue weighted by Crippen LogP contribution is 2.30. The molecule has 0 atom stereocenters. The van der Waals surface area contributed by atoms with Crippen LogP contribution < -0.4 is 16.0 Å². The Morgan fingerprint density at radius 3 is 2.53 bits per heavy atom. The molecule has 0 bridgehead atoms. The van der Waals surface area contributed by atoms with Crippen LogP contribution in [0.1, 0.15) is 22.6 Å². The van der Waals surface area contributed by atoms with Gasteiger partial charge in [-0.25, -0.2) is 18.7 Å². The topological polar surface area (TPSA) is 111 Å². The van der Waals surface area contributed by atoms with Gasteiger partial charge < -0.3 is 20.7 Å². The van der Waals surface area contributed by atoms with Gasteiger partial charge in [0.1, 0.15) is 5.82 Å². The number of halogens is 2. The number of hydrogen-bond donors (Lipinski definition) is 2. The summed E-state index contributed by atoms with van der Waals surface area (Å²) in [5.41, 5.74) is 8.16. The highest BCUT2D eigenvalue weighted by molar-refractivity contribution is 5.94. The summed E-state index contributed by atoms with van der Waals surface area (Å²) in [7, 11) is 0. The number of hydrogen-bond acceptors (Lipinski definition) is 7. The largest absolute Gasteiger partial charge is 0.378 e. The predicted octanol–water partition coefficient (Wildman–Crippen LogP) is 2.95. The Kier molecular flexibility index (Phi) is 6.83. The summed E-state index contributed by atoms with van der Waals surface area (Å²) in [6.45, 7) is 2.92. The number of nitrogens with one attached hydrogen (secondary N) is 1. The predicted molar refractivity (Wildman–Crippen MR) is 131 cm³/mol. The third kappa shape index (κ3) is 4.75. The minimum absolute atomic E-state index is 0.226. The number of amides is 1. The van der Waals surface area contributed by atoms with Crippen molar-refractivity contribution in [3.8, 4) is 17.1 Å². The summed E-state index contributed by atoms with van der Waals surface area (Å²) in [6.07, 6.45) is -2.80. The molecule has 1 fully saturated rings. The summed E-state index contributed by atoms with van der Waals surface area (Å²) in [6, 6.07) is 15.5. The van der Waals surface area contributed by atoms with Crippen molar-refractivity contribution in [2.45, 2.75) is 6.43 Å². The molecule has 1 aliphatic rings. The number of ether oxygens (including phenoxy) is 1. The van der Waals surface area contributed by atoms with Gasteiger partial charge in [0.25, 0.3) is 12.3 Å². The van der Waals surface area contributed by atoms with E-state index in [2.05, 4.69) is 15.3 Å². The van der Waals surface area contributed by atoms with E-state index in [4.69, 9.17) is 15.5 Å². The summed E-state index contributed by atoms with van der Waals surface area (Å²) < 4.78 is 34.9. The second-order valence-corrected chi connectivity index (χ2v) is 8.23. The average Bonchev–Trinajstić information content (AvgIpc) is 3.32. The van der Waals surface area contributed by atoms with Crippen molar-refractivity contribution in [1.82, 2.24) is 24.8 Å². The Bertz CT molecular complexity index is 1370. The Morgan fingerprint density at radius 1 is 1.06 bits per heavy atom. The summed E-state index contributed by atoms with van der Waals surface area (Å²) in [5, 5.41) is 2.73. The van der Waals surface area contributed by atoms with E-state index in [1.54, 1.807) is 54.6 Å². The first-order chi connectivity index (χ1) is 17.5. The number of anilines is 1. The van der Waals surface area contributed by atoms with E-state index < -0.39 is 6.43 Å². The maximum Gasteiger partial charge on any atom is 0.296 e. The van der Waals surface area contributed by atoms with Crippen molar-refractivity contribution >= 4 is 22.9 Å². The number of carbonyl (C=O) groups is 1. The number of alkyl halides is 2. The number of para-hydroxylation sites is 2. The molecular formula is C25H25F2N7O2. The third-order valence-corrected chi connectivity index (χ3v) is 5.88. The van der Waals surface area contributed by atoms with E-state index in [1.165, 1.54) is 4.57 Å². The van der Waals surface area contributed by atoms with Gasteiger partial charge in [-0.1, -0.05) is 24.3 Å². The van der Waals surface area contributed by atoms with Crippen molar-refractivity contribution < 1.29 is 18.3 Å². The Morgan fingerprint density at radius 2 is 1.81 bits per heavy atom. The molecule has 0 aliphatic carbocycles. The van der Waals surface area contributed by atoms with E-state index in [0.717, 1.165) is 0 Å². The summed E-state index contributed by atoms with van der Waals surface area (Å²) >= 11 is 0. The normalized spacial score (nSPS) is 13.9. The van der Waals surface area contributed by atoms with Gasteiger partial charge in [0, 0.05) is 43.4 Å². The van der Waals surface area contributed by atoms with Crippen molar-refractivity contribution in [1.29, 1.82) is 0 Å². The number of carbonyl (C=O) groups excluding carboxylic acids is 1. The molecule has 0 radical (unpaired) electrons. The quantitative estimate of drug-likeness (QED) is 0.407. The molecule has 4 aromatic rings. The summed E-state index contributed by atoms with van der Waals surface area (Å²) in [4.78, 5) is 27.8. The molecule has 9 nitrogen and oxygen atoms in total. The zero-order valence-corrected chi connectivity index (χ0v) is 19.4. The van der Waals surface area contributed by atoms with Crippen LogP contribution >= 0.6 is 0 Å². The van der Waals surface area contributed by atoms with Crippen LogP contribution in [-0.4, -0.2) is 64.8 Å². The van der Waals surface area contributed by atoms with E-state index in [1.807, 2.05) is 4.90 Å². The minimum Gasteiger partial charge on any atom is -0.378 e. The van der Waals surface area contributed by atoms with Gasteiger partial charge in [-0.2, -0.15) is 4.98 Å². The lowest BCUT2D eigenvalue weighted by atomic mass is 10.1. The van der Waals surface area contributed by atoms with Crippen LogP contribution in [0.15, 0.2) is 54.6 Å². The van der Waals surface area contributed by atoms with Gasteiger partial charge in [-0.15, -0.1) is 0 Å². The molecule has 1 amide bonds. The van der Waals surface area contributed by atoms with E-state index in [-0.39, 0.29) is 17.5 Å². The number of imidazole rings is 1. The van der Waals surface area contributed by atoms with Gasteiger partial charge in [-0.3, -0.25) is 9.36 Å². The Hall–Kier alpha value is -3.96. The molecule has 0 unspecified atom stereocenters. The second kappa shape index (κ2) is 10.3. The van der Waals surface area contributed by atoms with Crippen LogP contribution in [0.5, 0.6) is 0 Å². The highest BCUT2D eigenvalue weighted by atomic mass is 19.3. The van der Waals surface area contributed by atoms with Crippen molar-refractivity contribution in [3.05, 3.63) is 66.0 Å². The third-order valence-electron chi connectivity index (χ3n) is 5.88. The van der Waals surface area contributed by atoms with Crippen molar-refractivity contribution in [3.63, 3.8) is 0 Å². The van der Waals surface area contributed by atoms with Crippen LogP contribution in [0.3, 0.4) is 0 Å². The molecular weight excluding hydrogens is 468 g/mol. The molecule has 0 spiro atoms. The van der Waals surface area contributed by atoms with Crippen LogP contribution in [0, 0.1) is 0 Å². The fourth-order valence-electron chi connectivity index (χ4n) is 4.10. The molecule has 11 heteroatoms. The summed E-state index contributed by atoms with van der Waals surface area (Å²) in [5.74, 6) is 0.0837. The zero-order chi connectivity index (χ0) is 25.1. The van der Waals surface area contributed by atoms with Crippen LogP contribution in [0.4, 0.5) is 14.7 Å². The number of benzene rings is 2. The lowest BCUT2D eigenvalue weighted by Gasteiger charge is -2.27. The fraction of sp³-hybridized carbons (Fsp3) is 0.280. The molecule has 3 heterocycles. The number of morpholine rings is 1. The fourth-order valence-corrected chi connectivity index (χ4v) is 4.10. The number of rotatable bonds is 7. The first-order valence-corrected chi connectivity index (χ1v) is 11.6. The van der Waals surface area contributed by atoms with Crippen LogP contribution in [0.25, 0.3) is 28.1 Å². The zero-order valence-electron chi connectivity index (χ0n) is 19.4. The maximum absolute atomic E-state index is 14.0. The van der Waals surface area contributed by atoms with Gasteiger partial charge in [0.2, 0.25) is 5.95 Å². The lowest BCUT2D eigenvalue weighted by Crippen LogP contribution is -2.37. The first kappa shape index (κ1) is 23.8. The van der Waals surface area contributed by atoms with E-state index in [9.17, 15) is 13.6 Å². The lowest BCUT2D eigenvalue weighted by molar-refractivity contribution is 0.0954. The highest BCUT2D eigenvalue weighted by Gasteiger charge is 2.23. The smallest absolute Gasteiger partial charge is 0.296 e. The van der Waals surface area contributed by atoms with Gasteiger partial charge in [-0.05, 0) is 24.3 Å². The monoisotopic (exact) mass is 493 g/mol. The SMILES string of the molecule is NCCNC(=O)c1ccc(-c2cc(-n3c(C(F)F)nc4ccccc43)nc(N3CCOCC3)n2)cc1. The van der Waals surface area contributed by atoms with Crippen LogP contribution in [-0.2, 0) is 4.74 Å². The van der Waals surface area contributed by atoms with Crippen molar-refractivity contribution in [2.24, 2.45) is 5.73 Å². The molecule has 3 N–H and O–H groups in total. The van der Waals surface area contributed by atoms with Crippen LogP contribution in [0.2, 0.25) is 0 Å². The molecule has 186 valence electrons. The molecule has 0 saturated carbocycles. The minimum atomic E-state index is -2.80. The maximum atomic E-state index is 14.0. The Labute approximate surface area is 205 Å². The molecule has 5 rings (SSSR count). The number of fused-ring (bicyclic) bond motifs is 1. The van der Waals surface area contributed by atoms with E-state index in [0.29, 0.717) is 73.2 Å².